The Labute approximate surface area is 267 Å². The Morgan fingerprint density at radius 2 is 1.76 bits per heavy atom. The number of fused-ring (bicyclic) bond motifs is 1. The van der Waals surface area contributed by atoms with Gasteiger partial charge in [-0.05, 0) is 67.5 Å². The average Bonchev–Trinajstić information content (AvgIpc) is 3.04. The largest absolute Gasteiger partial charge is 0.505 e. The van der Waals surface area contributed by atoms with Gasteiger partial charge >= 0.3 is 0 Å². The molecule has 0 aliphatic carbocycles. The summed E-state index contributed by atoms with van der Waals surface area (Å²) < 4.78 is 20.3. The number of phenolic OH excluding ortho intramolecular Hbond substituents is 1. The van der Waals surface area contributed by atoms with E-state index in [0.717, 1.165) is 5.56 Å². The predicted molar refractivity (Wildman–Crippen MR) is 171 cm³/mol. The van der Waals surface area contributed by atoms with Crippen molar-refractivity contribution in [2.75, 3.05) is 25.0 Å². The zero-order valence-corrected chi connectivity index (χ0v) is 26.3. The summed E-state index contributed by atoms with van der Waals surface area (Å²) in [6.07, 6.45) is 4.45. The van der Waals surface area contributed by atoms with E-state index in [9.17, 15) is 23.9 Å². The van der Waals surface area contributed by atoms with E-state index in [1.165, 1.54) is 18.2 Å². The van der Waals surface area contributed by atoms with E-state index in [2.05, 4.69) is 36.6 Å². The van der Waals surface area contributed by atoms with Crippen LogP contribution >= 0.6 is 0 Å². The Bertz CT molecular complexity index is 1480. The summed E-state index contributed by atoms with van der Waals surface area (Å²) >= 11 is 0. The number of carbonyl (C=O) groups excluding carboxylic acids is 3. The third kappa shape index (κ3) is 9.86. The van der Waals surface area contributed by atoms with Gasteiger partial charge in [-0.25, -0.2) is 14.4 Å². The first-order valence-electron chi connectivity index (χ1n) is 15.4. The molecule has 4 atom stereocenters. The maximum absolute atomic E-state index is 14.2. The van der Waals surface area contributed by atoms with Crippen LogP contribution in [-0.2, 0) is 27.2 Å². The Morgan fingerprint density at radius 1 is 1.00 bits per heavy atom. The molecule has 0 bridgehead atoms. The number of nitrogens with one attached hydrogen (secondary N) is 5. The molecule has 0 saturated carbocycles. The second kappa shape index (κ2) is 16.5. The van der Waals surface area contributed by atoms with Gasteiger partial charge in [0.1, 0.15) is 24.4 Å². The third-order valence-corrected chi connectivity index (χ3v) is 7.55. The van der Waals surface area contributed by atoms with Gasteiger partial charge in [-0.1, -0.05) is 38.1 Å². The quantitative estimate of drug-likeness (QED) is 0.238. The molecule has 1 aliphatic rings. The molecule has 1 aromatic heterocycles. The van der Waals surface area contributed by atoms with Crippen molar-refractivity contribution in [2.24, 2.45) is 5.92 Å². The van der Waals surface area contributed by atoms with Crippen LogP contribution in [0.1, 0.15) is 38.3 Å². The highest BCUT2D eigenvalue weighted by atomic mass is 19.1. The second-order valence-electron chi connectivity index (χ2n) is 11.7. The van der Waals surface area contributed by atoms with Gasteiger partial charge < -0.3 is 31.1 Å². The number of carbonyl (C=O) groups is 3. The van der Waals surface area contributed by atoms with E-state index >= 15 is 0 Å². The minimum Gasteiger partial charge on any atom is -0.505 e. The minimum absolute atomic E-state index is 0.00509. The summed E-state index contributed by atoms with van der Waals surface area (Å²) in [6, 6.07) is 10.0. The molecule has 0 saturated heterocycles. The lowest BCUT2D eigenvalue weighted by Gasteiger charge is -2.29. The van der Waals surface area contributed by atoms with Crippen molar-refractivity contribution in [3.63, 3.8) is 0 Å². The number of benzene rings is 2. The Kier molecular flexibility index (Phi) is 12.2. The summed E-state index contributed by atoms with van der Waals surface area (Å²) in [7, 11) is 0. The summed E-state index contributed by atoms with van der Waals surface area (Å²) in [5, 5.41) is 24.5. The van der Waals surface area contributed by atoms with Crippen molar-refractivity contribution in [3.05, 3.63) is 77.9 Å². The van der Waals surface area contributed by atoms with Crippen molar-refractivity contribution < 1.29 is 28.6 Å². The van der Waals surface area contributed by atoms with Gasteiger partial charge in [-0.3, -0.25) is 19.7 Å². The van der Waals surface area contributed by atoms with E-state index in [1.54, 1.807) is 32.3 Å². The molecule has 0 spiro atoms. The number of para-hydroxylation sites is 1. The van der Waals surface area contributed by atoms with Crippen LogP contribution in [-0.4, -0.2) is 76.7 Å². The van der Waals surface area contributed by atoms with Crippen LogP contribution in [0.15, 0.2) is 60.9 Å². The highest BCUT2D eigenvalue weighted by Crippen LogP contribution is 2.21. The van der Waals surface area contributed by atoms with Crippen LogP contribution in [0.2, 0.25) is 0 Å². The number of phenols is 1. The van der Waals surface area contributed by atoms with E-state index in [1.807, 2.05) is 31.2 Å². The van der Waals surface area contributed by atoms with Gasteiger partial charge in [0.15, 0.2) is 11.6 Å². The highest BCUT2D eigenvalue weighted by molar-refractivity contribution is 5.93. The highest BCUT2D eigenvalue weighted by Gasteiger charge is 2.32. The second-order valence-corrected chi connectivity index (χ2v) is 11.7. The van der Waals surface area contributed by atoms with E-state index in [-0.39, 0.29) is 31.5 Å². The topological polar surface area (TPSA) is 167 Å². The van der Waals surface area contributed by atoms with Crippen molar-refractivity contribution in [2.45, 2.75) is 64.2 Å². The number of aromatic hydroxyl groups is 1. The van der Waals surface area contributed by atoms with E-state index in [0.29, 0.717) is 36.6 Å². The molecule has 13 heteroatoms. The molecule has 4 rings (SSSR count). The zero-order valence-electron chi connectivity index (χ0n) is 26.3. The van der Waals surface area contributed by atoms with Gasteiger partial charge in [0.2, 0.25) is 23.7 Å². The lowest BCUT2D eigenvalue weighted by molar-refractivity contribution is -0.133. The maximum atomic E-state index is 14.2. The van der Waals surface area contributed by atoms with Crippen LogP contribution in [0.5, 0.6) is 11.5 Å². The first-order chi connectivity index (χ1) is 22.1. The fourth-order valence-electron chi connectivity index (χ4n) is 5.05. The number of halogens is 1. The molecule has 12 nitrogen and oxygen atoms in total. The summed E-state index contributed by atoms with van der Waals surface area (Å²) in [4.78, 5) is 49.0. The normalized spacial score (nSPS) is 21.9. The average molecular weight is 636 g/mol. The smallest absolute Gasteiger partial charge is 0.244 e. The van der Waals surface area contributed by atoms with Crippen LogP contribution in [0.25, 0.3) is 0 Å². The molecule has 1 aliphatic heterocycles. The SMILES string of the molecule is CC(C)[C@H]1NC(=O)[C@@H](Cc2ccc(O)c(F)c2)N[C@@H](C)COc2ccccc2CCCNC(=O)[C@H](CNc2ncccn2)NC1=O. The fourth-order valence-corrected chi connectivity index (χ4v) is 5.05. The first kappa shape index (κ1) is 34.1. The van der Waals surface area contributed by atoms with Gasteiger partial charge in [0.05, 0.1) is 6.04 Å². The monoisotopic (exact) mass is 635 g/mol. The van der Waals surface area contributed by atoms with Crippen LogP contribution in [0.3, 0.4) is 0 Å². The molecule has 6 N–H and O–H groups in total. The number of anilines is 1. The number of rotatable bonds is 6. The molecular formula is C33H42FN7O5. The van der Waals surface area contributed by atoms with E-state index in [4.69, 9.17) is 4.74 Å². The molecular weight excluding hydrogens is 593 g/mol. The molecule has 0 fully saturated rings. The number of hydrogen-bond acceptors (Lipinski definition) is 9. The van der Waals surface area contributed by atoms with Crippen molar-refractivity contribution in [1.29, 1.82) is 0 Å². The molecule has 46 heavy (non-hydrogen) atoms. The van der Waals surface area contributed by atoms with Crippen LogP contribution in [0.4, 0.5) is 10.3 Å². The molecule has 2 heterocycles. The summed E-state index contributed by atoms with van der Waals surface area (Å²) in [6.45, 7) is 6.04. The predicted octanol–water partition coefficient (Wildman–Crippen LogP) is 2.09. The maximum Gasteiger partial charge on any atom is 0.244 e. The Hall–Kier alpha value is -4.78. The van der Waals surface area contributed by atoms with Gasteiger partial charge in [0.25, 0.3) is 0 Å². The Morgan fingerprint density at radius 3 is 2.50 bits per heavy atom. The molecule has 2 aromatic carbocycles. The molecule has 246 valence electrons. The number of nitrogens with zero attached hydrogens (tertiary/aromatic N) is 2. The van der Waals surface area contributed by atoms with E-state index < -0.39 is 47.4 Å². The number of aryl methyl sites for hydroxylation is 1. The van der Waals surface area contributed by atoms with Crippen LogP contribution in [0, 0.1) is 11.7 Å². The molecule has 3 amide bonds. The van der Waals surface area contributed by atoms with Gasteiger partial charge in [0, 0.05) is 31.5 Å². The zero-order chi connectivity index (χ0) is 33.1. The fraction of sp³-hybridized carbons (Fsp3) is 0.424. The van der Waals surface area contributed by atoms with Crippen molar-refractivity contribution >= 4 is 23.7 Å². The van der Waals surface area contributed by atoms with Crippen molar-refractivity contribution in [3.8, 4) is 11.5 Å². The van der Waals surface area contributed by atoms with Crippen LogP contribution < -0.4 is 31.3 Å². The van der Waals surface area contributed by atoms with Gasteiger partial charge in [-0.2, -0.15) is 0 Å². The van der Waals surface area contributed by atoms with Gasteiger partial charge in [-0.15, -0.1) is 0 Å². The van der Waals surface area contributed by atoms with Crippen molar-refractivity contribution in [1.82, 2.24) is 31.2 Å². The number of hydrogen-bond donors (Lipinski definition) is 6. The molecule has 0 radical (unpaired) electrons. The lowest BCUT2D eigenvalue weighted by Crippen LogP contribution is -2.60. The number of amides is 3. The molecule has 0 unspecified atom stereocenters. The molecule has 3 aromatic rings. The first-order valence-corrected chi connectivity index (χ1v) is 15.4. The Balaban J connectivity index is 1.61. The summed E-state index contributed by atoms with van der Waals surface area (Å²) in [5.41, 5.74) is 1.44. The number of ether oxygens (including phenoxy) is 1. The third-order valence-electron chi connectivity index (χ3n) is 7.55. The lowest BCUT2D eigenvalue weighted by atomic mass is 10.00. The standard InChI is InChI=1S/C33H42FN7O5/c1-20(2)29-32(45)40-26(18-38-33-36-14-7-15-37-33)30(43)35-13-6-9-23-8-4-5-10-28(23)46-19-21(3)39-25(31(44)41-29)17-22-11-12-27(42)24(34)16-22/h4-5,7-8,10-12,14-16,20-21,25-26,29,39,42H,6,9,13,17-19H2,1-3H3,(H,35,43)(H,40,45)(H,41,44)(H,36,37,38)/t21-,25+,26-,29+/m0/s1. The minimum atomic E-state index is -1.00. The summed E-state index contributed by atoms with van der Waals surface area (Å²) in [5.74, 6) is -2.08. The number of aromatic nitrogens is 2.